The monoisotopic (exact) mass is 509 g/mol. The summed E-state index contributed by atoms with van der Waals surface area (Å²) in [7, 11) is 0. The molecule has 3 rings (SSSR count). The van der Waals surface area contributed by atoms with Crippen LogP contribution in [0.1, 0.15) is 41.7 Å². The van der Waals surface area contributed by atoms with Crippen LogP contribution in [0.4, 0.5) is 0 Å². The van der Waals surface area contributed by atoms with E-state index in [0.717, 1.165) is 16.9 Å². The van der Waals surface area contributed by atoms with Gasteiger partial charge in [0.15, 0.2) is 5.96 Å². The molecule has 10 heteroatoms. The van der Waals surface area contributed by atoms with E-state index in [0.29, 0.717) is 41.7 Å². The number of aryl methyl sites for hydroxylation is 1. The molecule has 36 heavy (non-hydrogen) atoms. The summed E-state index contributed by atoms with van der Waals surface area (Å²) in [6, 6.07) is 14.4. The number of guanidine groups is 1. The summed E-state index contributed by atoms with van der Waals surface area (Å²) in [4.78, 5) is 42.7. The zero-order valence-electron chi connectivity index (χ0n) is 19.8. The van der Waals surface area contributed by atoms with Crippen molar-refractivity contribution < 1.29 is 14.4 Å². The number of hydrogen-bond donors (Lipinski definition) is 5. The number of aromatic amines is 1. The first-order chi connectivity index (χ1) is 17.3. The minimum absolute atomic E-state index is 0.138. The Morgan fingerprint density at radius 3 is 2.56 bits per heavy atom. The van der Waals surface area contributed by atoms with Crippen molar-refractivity contribution in [2.24, 2.45) is 11.5 Å². The molecule has 3 aromatic rings. The van der Waals surface area contributed by atoms with Gasteiger partial charge >= 0.3 is 0 Å². The summed E-state index contributed by atoms with van der Waals surface area (Å²) in [5.41, 5.74) is 13.4. The average molecular weight is 510 g/mol. The van der Waals surface area contributed by atoms with Gasteiger partial charge in [0.2, 0.25) is 12.2 Å². The van der Waals surface area contributed by atoms with Gasteiger partial charge in [0, 0.05) is 22.5 Å². The number of carbonyl (C=O) groups is 2. The lowest BCUT2D eigenvalue weighted by Gasteiger charge is -2.28. The van der Waals surface area contributed by atoms with E-state index in [4.69, 9.17) is 28.5 Å². The lowest BCUT2D eigenvalue weighted by Crippen LogP contribution is -2.52. The molecule has 9 nitrogen and oxygen atoms in total. The number of H-pyrrole nitrogens is 1. The van der Waals surface area contributed by atoms with Gasteiger partial charge in [-0.2, -0.15) is 0 Å². The number of halogens is 1. The van der Waals surface area contributed by atoms with Gasteiger partial charge in [-0.3, -0.25) is 24.7 Å². The molecule has 2 amide bonds. The molecule has 0 spiro atoms. The van der Waals surface area contributed by atoms with Gasteiger partial charge in [0.1, 0.15) is 11.7 Å². The van der Waals surface area contributed by atoms with E-state index in [1.54, 1.807) is 24.3 Å². The largest absolute Gasteiger partial charge is 0.370 e. The second kappa shape index (κ2) is 12.9. The normalized spacial score (nSPS) is 12.6. The highest BCUT2D eigenvalue weighted by Gasteiger charge is 2.34. The number of hydrogen-bond acceptors (Lipinski definition) is 5. The minimum Gasteiger partial charge on any atom is -0.370 e. The van der Waals surface area contributed by atoms with Gasteiger partial charge in [-0.1, -0.05) is 41.9 Å². The maximum atomic E-state index is 13.5. The van der Waals surface area contributed by atoms with E-state index in [-0.39, 0.29) is 18.1 Å². The first kappa shape index (κ1) is 26.9. The number of fused-ring (bicyclic) bond motifs is 1. The SMILES string of the molecule is N=C(N)NCCC[C@@H]([C]=O)N(C(=O)c1cc2cc(Cl)ccc2[nH]1)C(=O)[C@H](N)CCCc1ccccc1. The number of nitrogens with two attached hydrogens (primary N) is 2. The van der Waals surface area contributed by atoms with Crippen LogP contribution in [-0.2, 0) is 16.0 Å². The van der Waals surface area contributed by atoms with Crippen molar-refractivity contribution in [1.29, 1.82) is 5.41 Å². The molecule has 7 N–H and O–H groups in total. The van der Waals surface area contributed by atoms with Crippen molar-refractivity contribution in [3.63, 3.8) is 0 Å². The Kier molecular flexibility index (Phi) is 9.61. The van der Waals surface area contributed by atoms with Crippen LogP contribution in [0.25, 0.3) is 10.9 Å². The van der Waals surface area contributed by atoms with E-state index in [9.17, 15) is 14.4 Å². The Balaban J connectivity index is 1.79. The number of nitrogens with zero attached hydrogens (tertiary/aromatic N) is 1. The minimum atomic E-state index is -1.14. The van der Waals surface area contributed by atoms with Gasteiger partial charge in [-0.05, 0) is 61.9 Å². The van der Waals surface area contributed by atoms with Crippen molar-refractivity contribution >= 4 is 46.6 Å². The zero-order valence-corrected chi connectivity index (χ0v) is 20.6. The topological polar surface area (TPSA) is 158 Å². The van der Waals surface area contributed by atoms with Gasteiger partial charge in [-0.15, -0.1) is 0 Å². The Morgan fingerprint density at radius 2 is 1.86 bits per heavy atom. The van der Waals surface area contributed by atoms with Crippen molar-refractivity contribution in [1.82, 2.24) is 15.2 Å². The van der Waals surface area contributed by atoms with Gasteiger partial charge in [0.25, 0.3) is 5.91 Å². The Bertz CT molecular complexity index is 1210. The standard InChI is InChI=1S/C26H30ClN6O3/c27-19-11-12-22-18(14-19)15-23(32-22)25(36)33(20(16-34)9-5-13-31-26(29)30)24(35)21(28)10-4-8-17-6-2-1-3-7-17/h1-3,6-7,11-12,14-15,20-21,32H,4-5,8-10,13,28H2,(H4,29,30,31)/t20-,21+/m0/s1. The van der Waals surface area contributed by atoms with E-state index >= 15 is 0 Å². The Labute approximate surface area is 214 Å². The molecule has 0 saturated carbocycles. The lowest BCUT2D eigenvalue weighted by atomic mass is 10.0. The molecule has 1 heterocycles. The fraction of sp³-hybridized carbons (Fsp3) is 0.308. The Morgan fingerprint density at radius 1 is 1.11 bits per heavy atom. The number of carbonyl (C=O) groups excluding carboxylic acids is 3. The van der Waals surface area contributed by atoms with Crippen LogP contribution in [-0.4, -0.2) is 52.6 Å². The molecule has 0 fully saturated rings. The van der Waals surface area contributed by atoms with E-state index < -0.39 is 23.9 Å². The number of imide groups is 1. The highest BCUT2D eigenvalue weighted by Crippen LogP contribution is 2.22. The fourth-order valence-electron chi connectivity index (χ4n) is 3.98. The molecule has 1 radical (unpaired) electrons. The molecule has 2 atom stereocenters. The maximum Gasteiger partial charge on any atom is 0.277 e. The summed E-state index contributed by atoms with van der Waals surface area (Å²) in [5.74, 6) is -1.51. The molecular formula is C26H30ClN6O3. The maximum absolute atomic E-state index is 13.5. The molecule has 0 bridgehead atoms. The predicted octanol–water partition coefficient (Wildman–Crippen LogP) is 2.88. The van der Waals surface area contributed by atoms with Crippen LogP contribution in [0, 0.1) is 5.41 Å². The van der Waals surface area contributed by atoms with Crippen LogP contribution in [0.5, 0.6) is 0 Å². The first-order valence-corrected chi connectivity index (χ1v) is 12.1. The second-order valence-corrected chi connectivity index (χ2v) is 8.97. The van der Waals surface area contributed by atoms with Crippen molar-refractivity contribution in [2.75, 3.05) is 6.54 Å². The zero-order chi connectivity index (χ0) is 26.1. The van der Waals surface area contributed by atoms with E-state index in [1.165, 1.54) is 0 Å². The number of rotatable bonds is 12. The number of benzene rings is 2. The van der Waals surface area contributed by atoms with Gasteiger partial charge in [-0.25, -0.2) is 0 Å². The molecule has 0 aliphatic heterocycles. The van der Waals surface area contributed by atoms with E-state index in [2.05, 4.69) is 10.3 Å². The molecule has 0 aliphatic rings. The number of aromatic nitrogens is 1. The molecule has 1 aromatic heterocycles. The smallest absolute Gasteiger partial charge is 0.277 e. The molecule has 0 saturated heterocycles. The van der Waals surface area contributed by atoms with Crippen LogP contribution in [0.3, 0.4) is 0 Å². The third-order valence-corrected chi connectivity index (χ3v) is 6.06. The van der Waals surface area contributed by atoms with Crippen molar-refractivity contribution in [3.8, 4) is 0 Å². The lowest BCUT2D eigenvalue weighted by molar-refractivity contribution is -0.131. The number of nitrogens with one attached hydrogen (secondary N) is 3. The Hall–Kier alpha value is -3.69. The third-order valence-electron chi connectivity index (χ3n) is 5.83. The van der Waals surface area contributed by atoms with Gasteiger partial charge in [0.05, 0.1) is 6.04 Å². The summed E-state index contributed by atoms with van der Waals surface area (Å²) < 4.78 is 0. The summed E-state index contributed by atoms with van der Waals surface area (Å²) in [6.45, 7) is 0.303. The van der Waals surface area contributed by atoms with E-state index in [1.807, 2.05) is 36.6 Å². The molecule has 189 valence electrons. The van der Waals surface area contributed by atoms with Crippen molar-refractivity contribution in [2.45, 2.75) is 44.2 Å². The molecule has 0 unspecified atom stereocenters. The quantitative estimate of drug-likeness (QED) is 0.143. The average Bonchev–Trinajstić information content (AvgIpc) is 3.29. The van der Waals surface area contributed by atoms with Gasteiger partial charge < -0.3 is 21.8 Å². The highest BCUT2D eigenvalue weighted by molar-refractivity contribution is 6.31. The summed E-state index contributed by atoms with van der Waals surface area (Å²) in [6.07, 6.45) is 4.07. The molecular weight excluding hydrogens is 480 g/mol. The predicted molar refractivity (Wildman–Crippen MR) is 140 cm³/mol. The van der Waals surface area contributed by atoms with Crippen molar-refractivity contribution in [3.05, 3.63) is 70.9 Å². The van der Waals surface area contributed by atoms with Crippen LogP contribution >= 0.6 is 11.6 Å². The fourth-order valence-corrected chi connectivity index (χ4v) is 4.16. The molecule has 2 aromatic carbocycles. The van der Waals surface area contributed by atoms with Crippen LogP contribution in [0.15, 0.2) is 54.6 Å². The summed E-state index contributed by atoms with van der Waals surface area (Å²) in [5, 5.41) is 11.1. The second-order valence-electron chi connectivity index (χ2n) is 8.53. The highest BCUT2D eigenvalue weighted by atomic mass is 35.5. The van der Waals surface area contributed by atoms with Crippen LogP contribution in [0.2, 0.25) is 5.02 Å². The first-order valence-electron chi connectivity index (χ1n) is 11.7. The third kappa shape index (κ3) is 7.16. The molecule has 0 aliphatic carbocycles. The number of amides is 2. The summed E-state index contributed by atoms with van der Waals surface area (Å²) >= 11 is 6.06. The van der Waals surface area contributed by atoms with Crippen LogP contribution < -0.4 is 16.8 Å².